The van der Waals surface area contributed by atoms with Gasteiger partial charge in [0, 0.05) is 10.5 Å². The maximum atomic E-state index is 10.9. The molecule has 2 aromatic carbocycles. The van der Waals surface area contributed by atoms with Crippen molar-refractivity contribution in [2.24, 2.45) is 0 Å². The number of carbonyl (C=O) groups excluding carboxylic acids is 2. The summed E-state index contributed by atoms with van der Waals surface area (Å²) in [7, 11) is 2.77. The van der Waals surface area contributed by atoms with E-state index in [2.05, 4.69) is 48.6 Å². The van der Waals surface area contributed by atoms with E-state index in [-0.39, 0.29) is 43.6 Å². The minimum atomic E-state index is -0.233. The van der Waals surface area contributed by atoms with Crippen molar-refractivity contribution in [2.75, 3.05) is 14.2 Å². The first kappa shape index (κ1) is 33.9. The van der Waals surface area contributed by atoms with Crippen LogP contribution in [0.5, 0.6) is 0 Å². The Bertz CT molecular complexity index is 710. The molecular formula is C28H42O4S2Sn. The van der Waals surface area contributed by atoms with Crippen molar-refractivity contribution in [3.05, 3.63) is 71.8 Å². The maximum absolute atomic E-state index is 10.9. The van der Waals surface area contributed by atoms with Gasteiger partial charge >= 0.3 is 81.5 Å². The van der Waals surface area contributed by atoms with Crippen LogP contribution in [0.25, 0.3) is 0 Å². The Morgan fingerprint density at radius 3 is 1.34 bits per heavy atom. The van der Waals surface area contributed by atoms with Gasteiger partial charge in [0.1, 0.15) is 0 Å². The Morgan fingerprint density at radius 2 is 1.06 bits per heavy atom. The number of ether oxygens (including phenoxy) is 2. The molecule has 0 bridgehead atoms. The van der Waals surface area contributed by atoms with E-state index in [1.807, 2.05) is 60.7 Å². The first-order chi connectivity index (χ1) is 16.9. The molecule has 0 aliphatic rings. The van der Waals surface area contributed by atoms with Crippen LogP contribution < -0.4 is 0 Å². The molecule has 4 nitrogen and oxygen atoms in total. The zero-order chi connectivity index (χ0) is 26.3. The van der Waals surface area contributed by atoms with Gasteiger partial charge < -0.3 is 9.47 Å². The first-order valence-corrected chi connectivity index (χ1v) is 17.3. The molecule has 0 aromatic heterocycles. The van der Waals surface area contributed by atoms with Gasteiger partial charge in [0.25, 0.3) is 0 Å². The molecule has 0 N–H and O–H groups in total. The van der Waals surface area contributed by atoms with Crippen molar-refractivity contribution < 1.29 is 19.1 Å². The third kappa shape index (κ3) is 18.8. The number of methoxy groups -OCH3 is 2. The molecule has 2 atom stereocenters. The Labute approximate surface area is 234 Å². The van der Waals surface area contributed by atoms with Gasteiger partial charge in [0.15, 0.2) is 0 Å². The van der Waals surface area contributed by atoms with E-state index in [1.54, 1.807) is 8.87 Å². The van der Waals surface area contributed by atoms with Gasteiger partial charge in [-0.05, 0) is 11.1 Å². The summed E-state index contributed by atoms with van der Waals surface area (Å²) in [6, 6.07) is 19.4. The van der Waals surface area contributed by atoms with Gasteiger partial charge in [-0.1, -0.05) is 60.7 Å². The van der Waals surface area contributed by atoms with Crippen LogP contribution in [-0.2, 0) is 19.1 Å². The number of unbranched alkanes of at least 4 members (excludes halogenated alkanes) is 2. The molecule has 2 rings (SSSR count). The summed E-state index contributed by atoms with van der Waals surface area (Å²) in [4.78, 5) is 21.8. The molecule has 7 heteroatoms. The van der Waals surface area contributed by atoms with E-state index < -0.39 is 0 Å². The Balaban J connectivity index is 0.000000506. The van der Waals surface area contributed by atoms with Gasteiger partial charge in [0.2, 0.25) is 0 Å². The SMILES string of the molecule is CCC[CH2][Sn][CH2]CCC.COC(=O)CC(S)c1ccccc1.COC(=O)CC(S)c1ccccc1. The average molecular weight is 625 g/mol. The number of hydrogen-bond acceptors (Lipinski definition) is 6. The van der Waals surface area contributed by atoms with Crippen LogP contribution in [0.15, 0.2) is 60.7 Å². The molecule has 0 aliphatic heterocycles. The van der Waals surface area contributed by atoms with Gasteiger partial charge in [-0.3, -0.25) is 9.59 Å². The van der Waals surface area contributed by atoms with Gasteiger partial charge in [-0.2, -0.15) is 25.3 Å². The minimum Gasteiger partial charge on any atom is -0.469 e. The quantitative estimate of drug-likeness (QED) is 0.111. The fourth-order valence-electron chi connectivity index (χ4n) is 2.80. The topological polar surface area (TPSA) is 52.6 Å². The number of benzene rings is 2. The second-order valence-corrected chi connectivity index (χ2v) is 13.4. The zero-order valence-electron chi connectivity index (χ0n) is 21.6. The maximum Gasteiger partial charge on any atom is 0.306 e. The summed E-state index contributed by atoms with van der Waals surface area (Å²) >= 11 is 8.77. The van der Waals surface area contributed by atoms with Crippen LogP contribution in [0.2, 0.25) is 8.87 Å². The van der Waals surface area contributed by atoms with Crippen molar-refractivity contribution >= 4 is 58.3 Å². The number of thiol groups is 2. The second kappa shape index (κ2) is 23.3. The van der Waals surface area contributed by atoms with Crippen molar-refractivity contribution in [2.45, 2.75) is 71.7 Å². The Morgan fingerprint density at radius 1 is 0.714 bits per heavy atom. The van der Waals surface area contributed by atoms with E-state index in [1.165, 1.54) is 39.9 Å². The first-order valence-electron chi connectivity index (χ1n) is 12.2. The van der Waals surface area contributed by atoms with Crippen molar-refractivity contribution in [1.82, 2.24) is 0 Å². The molecule has 0 heterocycles. The van der Waals surface area contributed by atoms with Crippen molar-refractivity contribution in [3.8, 4) is 0 Å². The number of carbonyl (C=O) groups is 2. The van der Waals surface area contributed by atoms with Crippen LogP contribution in [0.1, 0.15) is 74.0 Å². The summed E-state index contributed by atoms with van der Waals surface area (Å²) in [5.41, 5.74) is 2.08. The molecule has 0 saturated heterocycles. The molecule has 194 valence electrons. The summed E-state index contributed by atoms with van der Waals surface area (Å²) < 4.78 is 12.4. The van der Waals surface area contributed by atoms with Crippen LogP contribution in [-0.4, -0.2) is 47.3 Å². The molecular weight excluding hydrogens is 583 g/mol. The van der Waals surface area contributed by atoms with Gasteiger partial charge in [0.05, 0.1) is 27.1 Å². The smallest absolute Gasteiger partial charge is 0.306 e. The molecule has 0 saturated carbocycles. The van der Waals surface area contributed by atoms with E-state index in [4.69, 9.17) is 0 Å². The molecule has 2 radical (unpaired) electrons. The second-order valence-electron chi connectivity index (χ2n) is 7.87. The molecule has 0 amide bonds. The van der Waals surface area contributed by atoms with Crippen molar-refractivity contribution in [1.29, 1.82) is 0 Å². The normalized spacial score (nSPS) is 11.6. The molecule has 0 fully saturated rings. The van der Waals surface area contributed by atoms with E-state index >= 15 is 0 Å². The molecule has 0 spiro atoms. The third-order valence-corrected chi connectivity index (χ3v) is 9.96. The fraction of sp³-hybridized carbons (Fsp3) is 0.500. The Hall–Kier alpha value is -1.12. The minimum absolute atomic E-state index is 0.0753. The fourth-order valence-corrected chi connectivity index (χ4v) is 7.60. The summed E-state index contributed by atoms with van der Waals surface area (Å²) in [6.45, 7) is 4.58. The molecule has 35 heavy (non-hydrogen) atoms. The van der Waals surface area contributed by atoms with Gasteiger partial charge in [-0.15, -0.1) is 0 Å². The molecule has 0 aliphatic carbocycles. The number of rotatable bonds is 12. The van der Waals surface area contributed by atoms with Crippen LogP contribution >= 0.6 is 25.3 Å². The monoisotopic (exact) mass is 626 g/mol. The van der Waals surface area contributed by atoms with Crippen LogP contribution in [0.4, 0.5) is 0 Å². The number of esters is 2. The van der Waals surface area contributed by atoms with Crippen LogP contribution in [0, 0.1) is 0 Å². The van der Waals surface area contributed by atoms with E-state index in [9.17, 15) is 9.59 Å². The summed E-state index contributed by atoms with van der Waals surface area (Å²) in [5, 5.41) is -0.151. The van der Waals surface area contributed by atoms with E-state index in [0.717, 1.165) is 11.1 Å². The standard InChI is InChI=1S/2C10H12O2S.2C4H9.Sn/c2*1-12-10(11)7-9(13)8-5-3-2-4-6-8;2*1-3-4-2;/h2*2-6,9,13H,7H2,1H3;2*1,3-4H2,2H3;. The van der Waals surface area contributed by atoms with E-state index in [0.29, 0.717) is 12.8 Å². The van der Waals surface area contributed by atoms with Crippen molar-refractivity contribution in [3.63, 3.8) is 0 Å². The zero-order valence-corrected chi connectivity index (χ0v) is 26.3. The predicted molar refractivity (Wildman–Crippen MR) is 155 cm³/mol. The largest absolute Gasteiger partial charge is 0.469 e. The predicted octanol–water partition coefficient (Wildman–Crippen LogP) is 7.57. The third-order valence-electron chi connectivity index (χ3n) is 4.96. The summed E-state index contributed by atoms with van der Waals surface area (Å²) in [5.74, 6) is -0.465. The summed E-state index contributed by atoms with van der Waals surface area (Å²) in [6.07, 6.45) is 6.46. The average Bonchev–Trinajstić information content (AvgIpc) is 2.90. The molecule has 2 unspecified atom stereocenters. The van der Waals surface area contributed by atoms with Crippen LogP contribution in [0.3, 0.4) is 0 Å². The Kier molecular flexibility index (Phi) is 22.5. The van der Waals surface area contributed by atoms with Gasteiger partial charge in [-0.25, -0.2) is 0 Å². The number of hydrogen-bond donors (Lipinski definition) is 2. The molecule has 2 aromatic rings.